The average Bonchev–Trinajstić information content (AvgIpc) is 2.07. The Morgan fingerprint density at radius 3 is 2.20 bits per heavy atom. The molecule has 1 N–H and O–H groups in total. The zero-order chi connectivity index (χ0) is 11.7. The molecule has 3 heteroatoms. The third kappa shape index (κ3) is 4.13. The maximum Gasteiger partial charge on any atom is 0.236 e. The Kier molecular flexibility index (Phi) is 3.85. The molecule has 0 bridgehead atoms. The van der Waals surface area contributed by atoms with E-state index in [0.717, 1.165) is 12.8 Å². The fourth-order valence-corrected chi connectivity index (χ4v) is 2.02. The summed E-state index contributed by atoms with van der Waals surface area (Å²) in [5, 5.41) is 3.11. The Morgan fingerprint density at radius 2 is 1.80 bits per heavy atom. The van der Waals surface area contributed by atoms with Crippen molar-refractivity contribution in [3.05, 3.63) is 0 Å². The lowest BCUT2D eigenvalue weighted by molar-refractivity contribution is -0.123. The largest absolute Gasteiger partial charge is 0.352 e. The van der Waals surface area contributed by atoms with Crippen LogP contribution in [0.15, 0.2) is 0 Å². The van der Waals surface area contributed by atoms with E-state index >= 15 is 0 Å². The van der Waals surface area contributed by atoms with E-state index < -0.39 is 4.32 Å². The van der Waals surface area contributed by atoms with Crippen LogP contribution in [0.25, 0.3) is 0 Å². The highest BCUT2D eigenvalue weighted by atomic mass is 79.9. The smallest absolute Gasteiger partial charge is 0.236 e. The fourth-order valence-electron chi connectivity index (χ4n) is 1.90. The quantitative estimate of drug-likeness (QED) is 0.771. The minimum Gasteiger partial charge on any atom is -0.352 e. The van der Waals surface area contributed by atoms with Crippen molar-refractivity contribution in [3.63, 3.8) is 0 Å². The second-order valence-corrected chi connectivity index (χ2v) is 7.87. The van der Waals surface area contributed by atoms with Gasteiger partial charge in [0.25, 0.3) is 0 Å². The van der Waals surface area contributed by atoms with E-state index in [2.05, 4.69) is 35.1 Å². The van der Waals surface area contributed by atoms with Gasteiger partial charge in [0.05, 0.1) is 4.32 Å². The first kappa shape index (κ1) is 13.0. The van der Waals surface area contributed by atoms with Gasteiger partial charge in [0, 0.05) is 6.04 Å². The molecule has 1 aliphatic carbocycles. The Labute approximate surface area is 101 Å². The third-order valence-electron chi connectivity index (χ3n) is 3.21. The lowest BCUT2D eigenvalue weighted by Crippen LogP contribution is -2.45. The molecule has 15 heavy (non-hydrogen) atoms. The normalized spacial score (nSPS) is 22.5. The number of hydrogen-bond donors (Lipinski definition) is 1. The van der Waals surface area contributed by atoms with Crippen LogP contribution in [0.3, 0.4) is 0 Å². The van der Waals surface area contributed by atoms with Crippen LogP contribution in [0.1, 0.15) is 53.4 Å². The molecule has 0 unspecified atom stereocenters. The highest BCUT2D eigenvalue weighted by Gasteiger charge is 2.30. The maximum atomic E-state index is 11.7. The molecular weight excluding hydrogens is 254 g/mol. The number of hydrogen-bond acceptors (Lipinski definition) is 1. The molecule has 0 saturated heterocycles. The van der Waals surface area contributed by atoms with E-state index in [1.807, 2.05) is 13.8 Å². The van der Waals surface area contributed by atoms with Crippen molar-refractivity contribution >= 4 is 21.8 Å². The Bertz CT molecular complexity index is 232. The highest BCUT2D eigenvalue weighted by Crippen LogP contribution is 2.35. The molecule has 0 aliphatic heterocycles. The summed E-state index contributed by atoms with van der Waals surface area (Å²) in [6.07, 6.45) is 4.64. The Hall–Kier alpha value is -0.0500. The minimum atomic E-state index is -0.444. The van der Waals surface area contributed by atoms with Gasteiger partial charge in [-0.3, -0.25) is 4.79 Å². The van der Waals surface area contributed by atoms with E-state index in [4.69, 9.17) is 0 Å². The number of rotatable bonds is 2. The number of amides is 1. The summed E-state index contributed by atoms with van der Waals surface area (Å²) in [5.74, 6) is 0.104. The van der Waals surface area contributed by atoms with Crippen LogP contribution >= 0.6 is 15.9 Å². The molecule has 0 spiro atoms. The van der Waals surface area contributed by atoms with Gasteiger partial charge in [-0.2, -0.15) is 0 Å². The van der Waals surface area contributed by atoms with Crippen LogP contribution in [0.4, 0.5) is 0 Å². The number of halogens is 1. The summed E-state index contributed by atoms with van der Waals surface area (Å²) in [6, 6.07) is 0.377. The molecule has 1 rings (SSSR count). The van der Waals surface area contributed by atoms with Crippen molar-refractivity contribution in [1.29, 1.82) is 0 Å². The van der Waals surface area contributed by atoms with E-state index in [-0.39, 0.29) is 5.91 Å². The van der Waals surface area contributed by atoms with Gasteiger partial charge in [0.2, 0.25) is 5.91 Å². The molecule has 1 amide bonds. The van der Waals surface area contributed by atoms with Crippen molar-refractivity contribution < 1.29 is 4.79 Å². The van der Waals surface area contributed by atoms with E-state index in [1.165, 1.54) is 12.8 Å². The van der Waals surface area contributed by atoms with Gasteiger partial charge in [-0.15, -0.1) is 0 Å². The summed E-state index contributed by atoms with van der Waals surface area (Å²) in [6.45, 7) is 8.38. The molecule has 1 aliphatic rings. The molecular formula is C12H22BrNO. The Morgan fingerprint density at radius 1 is 1.33 bits per heavy atom. The molecule has 2 nitrogen and oxygen atoms in total. The lowest BCUT2D eigenvalue weighted by Gasteiger charge is -2.35. The van der Waals surface area contributed by atoms with Crippen LogP contribution in [0.5, 0.6) is 0 Å². The standard InChI is InChI=1S/C12H22BrNO/c1-11(2)7-5-9(6-8-11)14-10(15)12(3,4)13/h9H,5-8H2,1-4H3,(H,14,15). The van der Waals surface area contributed by atoms with Gasteiger partial charge in [-0.25, -0.2) is 0 Å². The van der Waals surface area contributed by atoms with Crippen LogP contribution in [-0.4, -0.2) is 16.3 Å². The van der Waals surface area contributed by atoms with Crippen LogP contribution in [0, 0.1) is 5.41 Å². The minimum absolute atomic E-state index is 0.104. The van der Waals surface area contributed by atoms with E-state index in [9.17, 15) is 4.79 Å². The number of alkyl halides is 1. The monoisotopic (exact) mass is 275 g/mol. The van der Waals surface area contributed by atoms with Crippen molar-refractivity contribution in [1.82, 2.24) is 5.32 Å². The van der Waals surface area contributed by atoms with Crippen LogP contribution < -0.4 is 5.32 Å². The molecule has 0 aromatic heterocycles. The SMILES string of the molecule is CC1(C)CCC(NC(=O)C(C)(C)Br)CC1. The average molecular weight is 276 g/mol. The summed E-state index contributed by atoms with van der Waals surface area (Å²) in [7, 11) is 0. The van der Waals surface area contributed by atoms with Crippen LogP contribution in [0.2, 0.25) is 0 Å². The van der Waals surface area contributed by atoms with Gasteiger partial charge in [-0.05, 0) is 44.9 Å². The number of nitrogens with one attached hydrogen (secondary N) is 1. The summed E-state index contributed by atoms with van der Waals surface area (Å²) in [4.78, 5) is 11.7. The number of carbonyl (C=O) groups excluding carboxylic acids is 1. The highest BCUT2D eigenvalue weighted by molar-refractivity contribution is 9.10. The Balaban J connectivity index is 2.40. The zero-order valence-electron chi connectivity index (χ0n) is 10.2. The predicted molar refractivity (Wildman–Crippen MR) is 67.2 cm³/mol. The van der Waals surface area contributed by atoms with Gasteiger partial charge in [0.15, 0.2) is 0 Å². The first-order valence-corrected chi connectivity index (χ1v) is 6.50. The first-order valence-electron chi connectivity index (χ1n) is 5.71. The molecule has 0 atom stereocenters. The van der Waals surface area contributed by atoms with Gasteiger partial charge in [0.1, 0.15) is 0 Å². The van der Waals surface area contributed by atoms with E-state index in [0.29, 0.717) is 11.5 Å². The van der Waals surface area contributed by atoms with Crippen molar-refractivity contribution in [2.75, 3.05) is 0 Å². The summed E-state index contributed by atoms with van der Waals surface area (Å²) in [5.41, 5.74) is 0.463. The zero-order valence-corrected chi connectivity index (χ0v) is 11.8. The third-order valence-corrected chi connectivity index (χ3v) is 3.57. The summed E-state index contributed by atoms with van der Waals surface area (Å²) < 4.78 is -0.444. The lowest BCUT2D eigenvalue weighted by atomic mass is 9.75. The molecule has 1 saturated carbocycles. The van der Waals surface area contributed by atoms with Crippen molar-refractivity contribution in [3.8, 4) is 0 Å². The van der Waals surface area contributed by atoms with E-state index in [1.54, 1.807) is 0 Å². The van der Waals surface area contributed by atoms with Crippen LogP contribution in [-0.2, 0) is 4.79 Å². The first-order chi connectivity index (χ1) is 6.71. The molecule has 0 aromatic rings. The van der Waals surface area contributed by atoms with Gasteiger partial charge < -0.3 is 5.32 Å². The second kappa shape index (κ2) is 4.44. The number of carbonyl (C=O) groups is 1. The molecule has 1 fully saturated rings. The molecule has 0 aromatic carbocycles. The maximum absolute atomic E-state index is 11.7. The molecule has 0 heterocycles. The summed E-state index contributed by atoms with van der Waals surface area (Å²) >= 11 is 3.38. The van der Waals surface area contributed by atoms with Crippen molar-refractivity contribution in [2.24, 2.45) is 5.41 Å². The van der Waals surface area contributed by atoms with Gasteiger partial charge in [-0.1, -0.05) is 29.8 Å². The van der Waals surface area contributed by atoms with Crippen molar-refractivity contribution in [2.45, 2.75) is 63.7 Å². The second-order valence-electron chi connectivity index (χ2n) is 5.88. The predicted octanol–water partition coefficient (Wildman–Crippen LogP) is 3.24. The topological polar surface area (TPSA) is 29.1 Å². The molecule has 0 radical (unpaired) electrons. The van der Waals surface area contributed by atoms with Gasteiger partial charge >= 0.3 is 0 Å². The molecule has 88 valence electrons. The fraction of sp³-hybridized carbons (Fsp3) is 0.917.